The van der Waals surface area contributed by atoms with Gasteiger partial charge in [-0.1, -0.05) is 29.8 Å². The smallest absolute Gasteiger partial charge is 0.413 e. The number of methoxy groups -OCH3 is 1. The molecular weight excluding hydrogens is 346 g/mol. The molecule has 3 aromatic rings. The summed E-state index contributed by atoms with van der Waals surface area (Å²) in [5.74, 6) is 0.633. The molecule has 1 heterocycles. The van der Waals surface area contributed by atoms with Gasteiger partial charge in [0.05, 0.1) is 12.8 Å². The van der Waals surface area contributed by atoms with Crippen LogP contribution < -0.4 is 15.6 Å². The highest BCUT2D eigenvalue weighted by Gasteiger charge is 2.10. The van der Waals surface area contributed by atoms with E-state index in [9.17, 15) is 9.59 Å². The first-order chi connectivity index (χ1) is 13.1. The molecule has 0 aliphatic carbocycles. The van der Waals surface area contributed by atoms with Crippen molar-refractivity contribution >= 4 is 11.8 Å². The maximum Gasteiger partial charge on any atom is 0.413 e. The van der Waals surface area contributed by atoms with Gasteiger partial charge in [0, 0.05) is 17.3 Å². The molecule has 0 atom stereocenters. The van der Waals surface area contributed by atoms with Crippen molar-refractivity contribution in [2.45, 2.75) is 13.7 Å². The van der Waals surface area contributed by atoms with E-state index in [-0.39, 0.29) is 12.3 Å². The van der Waals surface area contributed by atoms with Crippen LogP contribution in [0.4, 0.5) is 10.5 Å². The fraction of sp³-hybridized carbons (Fsp3) is 0.150. The van der Waals surface area contributed by atoms with Gasteiger partial charge in [0.15, 0.2) is 6.73 Å². The number of rotatable bonds is 5. The van der Waals surface area contributed by atoms with Crippen LogP contribution >= 0.6 is 0 Å². The summed E-state index contributed by atoms with van der Waals surface area (Å²) in [5.41, 5.74) is 2.58. The summed E-state index contributed by atoms with van der Waals surface area (Å²) in [7, 11) is 1.56. The molecule has 1 amide bonds. The number of benzene rings is 2. The van der Waals surface area contributed by atoms with Crippen LogP contribution in [0.3, 0.4) is 0 Å². The topological polar surface area (TPSA) is 82.5 Å². The second-order valence-electron chi connectivity index (χ2n) is 5.81. The Morgan fingerprint density at radius 1 is 1.07 bits per heavy atom. The largest absolute Gasteiger partial charge is 0.496 e. The van der Waals surface area contributed by atoms with Crippen molar-refractivity contribution < 1.29 is 14.3 Å². The number of aromatic nitrogens is 2. The number of anilines is 1. The van der Waals surface area contributed by atoms with Gasteiger partial charge in [0.25, 0.3) is 5.56 Å². The van der Waals surface area contributed by atoms with Gasteiger partial charge in [0.1, 0.15) is 5.75 Å². The lowest BCUT2D eigenvalue weighted by atomic mass is 10.1. The molecule has 3 rings (SSSR count). The van der Waals surface area contributed by atoms with Crippen LogP contribution in [0, 0.1) is 6.92 Å². The zero-order valence-corrected chi connectivity index (χ0v) is 15.0. The van der Waals surface area contributed by atoms with Gasteiger partial charge in [-0.2, -0.15) is 9.78 Å². The number of aryl methyl sites for hydroxylation is 1. The van der Waals surface area contributed by atoms with Crippen LogP contribution in [0.5, 0.6) is 5.75 Å². The number of hydrogen-bond donors (Lipinski definition) is 1. The third-order valence-electron chi connectivity index (χ3n) is 3.87. The van der Waals surface area contributed by atoms with E-state index < -0.39 is 6.09 Å². The van der Waals surface area contributed by atoms with Crippen molar-refractivity contribution in [3.8, 4) is 17.0 Å². The van der Waals surface area contributed by atoms with Crippen molar-refractivity contribution in [2.24, 2.45) is 0 Å². The Balaban J connectivity index is 1.72. The van der Waals surface area contributed by atoms with Crippen LogP contribution in [0.1, 0.15) is 5.56 Å². The Hall–Kier alpha value is -3.61. The lowest BCUT2D eigenvalue weighted by Gasteiger charge is -2.11. The van der Waals surface area contributed by atoms with E-state index in [1.165, 1.54) is 6.07 Å². The molecule has 0 aliphatic heterocycles. The third-order valence-corrected chi connectivity index (χ3v) is 3.87. The quantitative estimate of drug-likeness (QED) is 0.749. The molecule has 0 fully saturated rings. The molecule has 2 aromatic carbocycles. The Morgan fingerprint density at radius 2 is 1.81 bits per heavy atom. The maximum absolute atomic E-state index is 12.0. The predicted octanol–water partition coefficient (Wildman–Crippen LogP) is 3.43. The van der Waals surface area contributed by atoms with E-state index in [1.54, 1.807) is 31.4 Å². The van der Waals surface area contributed by atoms with E-state index in [4.69, 9.17) is 9.47 Å². The minimum Gasteiger partial charge on any atom is -0.496 e. The second-order valence-corrected chi connectivity index (χ2v) is 5.81. The molecule has 0 spiro atoms. The minimum absolute atomic E-state index is 0.306. The van der Waals surface area contributed by atoms with Crippen LogP contribution in [0.15, 0.2) is 65.5 Å². The van der Waals surface area contributed by atoms with Crippen LogP contribution in [-0.4, -0.2) is 23.0 Å². The number of carbonyl (C=O) groups excluding carboxylic acids is 1. The normalized spacial score (nSPS) is 10.3. The van der Waals surface area contributed by atoms with Crippen molar-refractivity contribution in [1.29, 1.82) is 0 Å². The third kappa shape index (κ3) is 4.52. The minimum atomic E-state index is -0.671. The predicted molar refractivity (Wildman–Crippen MR) is 102 cm³/mol. The highest BCUT2D eigenvalue weighted by Crippen LogP contribution is 2.27. The molecule has 7 nitrogen and oxygen atoms in total. The zero-order valence-electron chi connectivity index (χ0n) is 15.0. The molecule has 0 bridgehead atoms. The molecule has 138 valence electrons. The van der Waals surface area contributed by atoms with E-state index >= 15 is 0 Å². The fourth-order valence-electron chi connectivity index (χ4n) is 2.45. The average molecular weight is 365 g/mol. The Labute approximate surface area is 156 Å². The van der Waals surface area contributed by atoms with Gasteiger partial charge in [-0.25, -0.2) is 4.79 Å². The first-order valence-corrected chi connectivity index (χ1v) is 8.29. The summed E-state index contributed by atoms with van der Waals surface area (Å²) in [6, 6.07) is 17.6. The highest BCUT2D eigenvalue weighted by atomic mass is 16.6. The van der Waals surface area contributed by atoms with E-state index in [1.807, 2.05) is 37.3 Å². The molecular formula is C20H19N3O4. The Morgan fingerprint density at radius 3 is 2.56 bits per heavy atom. The van der Waals surface area contributed by atoms with E-state index in [0.717, 1.165) is 15.8 Å². The van der Waals surface area contributed by atoms with Crippen molar-refractivity contribution in [2.75, 3.05) is 12.4 Å². The summed E-state index contributed by atoms with van der Waals surface area (Å²) in [6.45, 7) is 1.65. The Bertz CT molecular complexity index is 997. The lowest BCUT2D eigenvalue weighted by molar-refractivity contribution is 0.119. The molecule has 0 unspecified atom stereocenters. The van der Waals surface area contributed by atoms with E-state index in [0.29, 0.717) is 17.1 Å². The van der Waals surface area contributed by atoms with Gasteiger partial charge in [-0.15, -0.1) is 0 Å². The van der Waals surface area contributed by atoms with E-state index in [2.05, 4.69) is 10.4 Å². The van der Waals surface area contributed by atoms with Gasteiger partial charge >= 0.3 is 6.09 Å². The van der Waals surface area contributed by atoms with Gasteiger partial charge in [-0.05, 0) is 37.3 Å². The SMILES string of the molecule is COc1ccccc1-c1ccc(=O)n(COC(=O)Nc2ccc(C)cc2)n1. The lowest BCUT2D eigenvalue weighted by Crippen LogP contribution is -2.26. The number of hydrogen-bond acceptors (Lipinski definition) is 5. The first kappa shape index (κ1) is 18.2. The summed E-state index contributed by atoms with van der Waals surface area (Å²) >= 11 is 0. The molecule has 27 heavy (non-hydrogen) atoms. The summed E-state index contributed by atoms with van der Waals surface area (Å²) in [4.78, 5) is 24.0. The fourth-order valence-corrected chi connectivity index (χ4v) is 2.45. The maximum atomic E-state index is 12.0. The molecule has 0 aliphatic rings. The summed E-state index contributed by atoms with van der Waals surface area (Å²) < 4.78 is 11.5. The number of nitrogens with one attached hydrogen (secondary N) is 1. The van der Waals surface area contributed by atoms with Crippen LogP contribution in [0.2, 0.25) is 0 Å². The molecule has 0 radical (unpaired) electrons. The number of para-hydroxylation sites is 1. The van der Waals surface area contributed by atoms with Gasteiger partial charge in [0.2, 0.25) is 0 Å². The second kappa shape index (κ2) is 8.18. The number of amides is 1. The Kier molecular flexibility index (Phi) is 5.51. The zero-order chi connectivity index (χ0) is 19.2. The van der Waals surface area contributed by atoms with Crippen LogP contribution in [0.25, 0.3) is 11.3 Å². The molecule has 7 heteroatoms. The van der Waals surface area contributed by atoms with Crippen molar-refractivity contribution in [3.05, 3.63) is 76.6 Å². The molecule has 0 saturated carbocycles. The molecule has 1 aromatic heterocycles. The standard InChI is InChI=1S/C20H19N3O4/c1-14-7-9-15(10-8-14)21-20(25)27-13-23-19(24)12-11-17(22-23)16-5-3-4-6-18(16)26-2/h3-12H,13H2,1-2H3,(H,21,25). The highest BCUT2D eigenvalue weighted by molar-refractivity contribution is 5.84. The summed E-state index contributed by atoms with van der Waals surface area (Å²) in [5, 5.41) is 6.86. The molecule has 1 N–H and O–H groups in total. The van der Waals surface area contributed by atoms with Gasteiger partial charge < -0.3 is 9.47 Å². The first-order valence-electron chi connectivity index (χ1n) is 8.29. The van der Waals surface area contributed by atoms with Crippen molar-refractivity contribution in [3.63, 3.8) is 0 Å². The van der Waals surface area contributed by atoms with Crippen LogP contribution in [-0.2, 0) is 11.5 Å². The molecule has 0 saturated heterocycles. The van der Waals surface area contributed by atoms with Gasteiger partial charge in [-0.3, -0.25) is 10.1 Å². The number of nitrogens with zero attached hydrogens (tertiary/aromatic N) is 2. The number of ether oxygens (including phenoxy) is 2. The number of carbonyl (C=O) groups is 1. The van der Waals surface area contributed by atoms with Crippen molar-refractivity contribution in [1.82, 2.24) is 9.78 Å². The monoisotopic (exact) mass is 365 g/mol. The summed E-state index contributed by atoms with van der Waals surface area (Å²) in [6.07, 6.45) is -0.671. The average Bonchev–Trinajstić information content (AvgIpc) is 2.69.